The number of hydrogen-bond acceptors (Lipinski definition) is 2. The van der Waals surface area contributed by atoms with Gasteiger partial charge in [0.15, 0.2) is 0 Å². The number of pyridine rings is 1. The summed E-state index contributed by atoms with van der Waals surface area (Å²) in [7, 11) is 0. The maximum absolute atomic E-state index is 5.54. The van der Waals surface area contributed by atoms with Gasteiger partial charge < -0.3 is 4.74 Å². The molecule has 1 heterocycles. The minimum absolute atomic E-state index is 0.268. The van der Waals surface area contributed by atoms with Gasteiger partial charge in [-0.25, -0.2) is 4.98 Å². The minimum Gasteiger partial charge on any atom is -0.475 e. The fourth-order valence-corrected chi connectivity index (χ4v) is 1.09. The molecule has 1 aromatic rings. The van der Waals surface area contributed by atoms with Crippen molar-refractivity contribution in [3.05, 3.63) is 24.4 Å². The van der Waals surface area contributed by atoms with Gasteiger partial charge in [-0.3, -0.25) is 0 Å². The minimum atomic E-state index is 0.268. The zero-order valence-corrected chi connectivity index (χ0v) is 7.66. The lowest BCUT2D eigenvalue weighted by molar-refractivity contribution is 0.201. The molecule has 2 heteroatoms. The molecule has 0 amide bonds. The van der Waals surface area contributed by atoms with Crippen molar-refractivity contribution in [2.75, 3.05) is 0 Å². The van der Waals surface area contributed by atoms with E-state index in [1.54, 1.807) is 6.20 Å². The van der Waals surface area contributed by atoms with Gasteiger partial charge in [0.25, 0.3) is 0 Å². The van der Waals surface area contributed by atoms with Gasteiger partial charge in [-0.05, 0) is 19.4 Å². The van der Waals surface area contributed by atoms with Crippen LogP contribution in [0.15, 0.2) is 24.4 Å². The summed E-state index contributed by atoms with van der Waals surface area (Å²) in [6.07, 6.45) is 4.24. The van der Waals surface area contributed by atoms with Crippen LogP contribution in [-0.4, -0.2) is 11.1 Å². The molecular formula is C10H15NO. The number of rotatable bonds is 4. The highest BCUT2D eigenvalue weighted by molar-refractivity contribution is 5.09. The van der Waals surface area contributed by atoms with E-state index in [4.69, 9.17) is 4.74 Å². The molecule has 0 unspecified atom stereocenters. The summed E-state index contributed by atoms with van der Waals surface area (Å²) >= 11 is 0. The van der Waals surface area contributed by atoms with Gasteiger partial charge in [0.1, 0.15) is 0 Å². The van der Waals surface area contributed by atoms with Crippen molar-refractivity contribution in [1.29, 1.82) is 0 Å². The maximum atomic E-state index is 5.54. The second-order valence-electron chi connectivity index (χ2n) is 2.89. The molecule has 0 spiro atoms. The average Bonchev–Trinajstić information content (AvgIpc) is 2.06. The van der Waals surface area contributed by atoms with Crippen molar-refractivity contribution < 1.29 is 4.74 Å². The molecule has 0 fully saturated rings. The van der Waals surface area contributed by atoms with Crippen LogP contribution in [-0.2, 0) is 0 Å². The van der Waals surface area contributed by atoms with Crippen LogP contribution in [0, 0.1) is 0 Å². The summed E-state index contributed by atoms with van der Waals surface area (Å²) in [6.45, 7) is 4.22. The molecule has 12 heavy (non-hydrogen) atoms. The van der Waals surface area contributed by atoms with Crippen molar-refractivity contribution in [2.24, 2.45) is 0 Å². The van der Waals surface area contributed by atoms with Gasteiger partial charge >= 0.3 is 0 Å². The Morgan fingerprint density at radius 1 is 1.50 bits per heavy atom. The lowest BCUT2D eigenvalue weighted by atomic mass is 10.2. The predicted octanol–water partition coefficient (Wildman–Crippen LogP) is 2.65. The Balaban J connectivity index is 2.41. The van der Waals surface area contributed by atoms with Crippen molar-refractivity contribution in [2.45, 2.75) is 32.8 Å². The van der Waals surface area contributed by atoms with E-state index in [1.807, 2.05) is 18.2 Å². The van der Waals surface area contributed by atoms with E-state index in [1.165, 1.54) is 0 Å². The molecule has 1 atom stereocenters. The molecule has 0 aromatic carbocycles. The predicted molar refractivity (Wildman–Crippen MR) is 49.2 cm³/mol. The molecule has 1 aromatic heterocycles. The smallest absolute Gasteiger partial charge is 0.213 e. The lowest BCUT2D eigenvalue weighted by Crippen LogP contribution is -2.11. The maximum Gasteiger partial charge on any atom is 0.213 e. The molecule has 1 rings (SSSR count). The van der Waals surface area contributed by atoms with E-state index in [0.717, 1.165) is 18.7 Å². The van der Waals surface area contributed by atoms with Gasteiger partial charge in [-0.1, -0.05) is 19.4 Å². The fraction of sp³-hybridized carbons (Fsp3) is 0.500. The van der Waals surface area contributed by atoms with Crippen LogP contribution < -0.4 is 4.74 Å². The SMILES string of the molecule is CCC[C@H](C)Oc1ccccn1. The van der Waals surface area contributed by atoms with Gasteiger partial charge in [0.05, 0.1) is 6.10 Å². The van der Waals surface area contributed by atoms with Crippen LogP contribution in [0.1, 0.15) is 26.7 Å². The number of ether oxygens (including phenoxy) is 1. The second kappa shape index (κ2) is 4.75. The summed E-state index contributed by atoms with van der Waals surface area (Å²) in [5.41, 5.74) is 0. The van der Waals surface area contributed by atoms with Crippen LogP contribution in [0.5, 0.6) is 5.88 Å². The van der Waals surface area contributed by atoms with Gasteiger partial charge in [0.2, 0.25) is 5.88 Å². The Labute approximate surface area is 73.6 Å². The molecule has 0 N–H and O–H groups in total. The van der Waals surface area contributed by atoms with E-state index in [0.29, 0.717) is 0 Å². The molecule has 0 saturated carbocycles. The summed E-state index contributed by atoms with van der Waals surface area (Å²) in [4.78, 5) is 4.08. The van der Waals surface area contributed by atoms with Crippen molar-refractivity contribution in [3.8, 4) is 5.88 Å². The molecular weight excluding hydrogens is 150 g/mol. The molecule has 0 aliphatic heterocycles. The Morgan fingerprint density at radius 2 is 2.33 bits per heavy atom. The topological polar surface area (TPSA) is 22.1 Å². The standard InChI is InChI=1S/C10H15NO/c1-3-6-9(2)12-10-7-4-5-8-11-10/h4-5,7-9H,3,6H2,1-2H3/t9-/m0/s1. The number of aromatic nitrogens is 1. The van der Waals surface area contributed by atoms with Crippen LogP contribution in [0.4, 0.5) is 0 Å². The largest absolute Gasteiger partial charge is 0.475 e. The van der Waals surface area contributed by atoms with E-state index in [2.05, 4.69) is 18.8 Å². The zero-order chi connectivity index (χ0) is 8.81. The van der Waals surface area contributed by atoms with Gasteiger partial charge in [-0.2, -0.15) is 0 Å². The Morgan fingerprint density at radius 3 is 2.92 bits per heavy atom. The fourth-order valence-electron chi connectivity index (χ4n) is 1.09. The second-order valence-corrected chi connectivity index (χ2v) is 2.89. The summed E-state index contributed by atoms with van der Waals surface area (Å²) in [5.74, 6) is 0.721. The van der Waals surface area contributed by atoms with Crippen LogP contribution in [0.2, 0.25) is 0 Å². The highest BCUT2D eigenvalue weighted by atomic mass is 16.5. The average molecular weight is 165 g/mol. The quantitative estimate of drug-likeness (QED) is 0.684. The van der Waals surface area contributed by atoms with E-state index < -0.39 is 0 Å². The van der Waals surface area contributed by atoms with E-state index in [9.17, 15) is 0 Å². The van der Waals surface area contributed by atoms with Crippen LogP contribution >= 0.6 is 0 Å². The summed E-state index contributed by atoms with van der Waals surface area (Å²) in [5, 5.41) is 0. The van der Waals surface area contributed by atoms with Crippen molar-refractivity contribution >= 4 is 0 Å². The molecule has 0 aliphatic rings. The summed E-state index contributed by atoms with van der Waals surface area (Å²) < 4.78 is 5.54. The third-order valence-electron chi connectivity index (χ3n) is 1.65. The van der Waals surface area contributed by atoms with Gasteiger partial charge in [0, 0.05) is 12.3 Å². The monoisotopic (exact) mass is 165 g/mol. The highest BCUT2D eigenvalue weighted by Crippen LogP contribution is 2.08. The summed E-state index contributed by atoms with van der Waals surface area (Å²) in [6, 6.07) is 5.70. The normalized spacial score (nSPS) is 12.5. The molecule has 0 saturated heterocycles. The van der Waals surface area contributed by atoms with Crippen molar-refractivity contribution in [3.63, 3.8) is 0 Å². The highest BCUT2D eigenvalue weighted by Gasteiger charge is 2.01. The Bertz CT molecular complexity index is 210. The first-order valence-corrected chi connectivity index (χ1v) is 4.40. The van der Waals surface area contributed by atoms with Gasteiger partial charge in [-0.15, -0.1) is 0 Å². The third-order valence-corrected chi connectivity index (χ3v) is 1.65. The Kier molecular flexibility index (Phi) is 3.58. The molecule has 0 aliphatic carbocycles. The van der Waals surface area contributed by atoms with Crippen LogP contribution in [0.3, 0.4) is 0 Å². The number of hydrogen-bond donors (Lipinski definition) is 0. The first-order chi connectivity index (χ1) is 5.83. The Hall–Kier alpha value is -1.05. The first kappa shape index (κ1) is 9.04. The van der Waals surface area contributed by atoms with E-state index >= 15 is 0 Å². The molecule has 66 valence electrons. The van der Waals surface area contributed by atoms with Crippen LogP contribution in [0.25, 0.3) is 0 Å². The number of nitrogens with zero attached hydrogens (tertiary/aromatic N) is 1. The van der Waals surface area contributed by atoms with E-state index in [-0.39, 0.29) is 6.10 Å². The molecule has 0 radical (unpaired) electrons. The van der Waals surface area contributed by atoms with Crippen molar-refractivity contribution in [1.82, 2.24) is 4.98 Å². The molecule has 0 bridgehead atoms. The zero-order valence-electron chi connectivity index (χ0n) is 7.66. The third kappa shape index (κ3) is 2.91. The lowest BCUT2D eigenvalue weighted by Gasteiger charge is -2.11. The first-order valence-electron chi connectivity index (χ1n) is 4.40. The molecule has 2 nitrogen and oxygen atoms in total.